The lowest BCUT2D eigenvalue weighted by atomic mass is 10.4. The van der Waals surface area contributed by atoms with Gasteiger partial charge < -0.3 is 9.64 Å². The summed E-state index contributed by atoms with van der Waals surface area (Å²) in [6.45, 7) is 1.88. The molecule has 1 aromatic heterocycles. The van der Waals surface area contributed by atoms with Crippen molar-refractivity contribution >= 4 is 23.9 Å². The fourth-order valence-corrected chi connectivity index (χ4v) is 1.90. The minimum atomic E-state index is 0.172. The van der Waals surface area contributed by atoms with Crippen molar-refractivity contribution in [3.63, 3.8) is 0 Å². The van der Waals surface area contributed by atoms with E-state index in [9.17, 15) is 9.59 Å². The number of hydrogen-bond acceptors (Lipinski definition) is 5. The quantitative estimate of drug-likeness (QED) is 0.447. The molecule has 0 saturated heterocycles. The maximum atomic E-state index is 10.7. The smallest absolute Gasteiger partial charge is 0.186 e. The average molecular weight is 239 g/mol. The molecule has 0 amide bonds. The van der Waals surface area contributed by atoms with Crippen LogP contribution in [0.25, 0.3) is 0 Å². The lowest BCUT2D eigenvalue weighted by Gasteiger charge is -2.08. The fourth-order valence-electron chi connectivity index (χ4n) is 1.13. The van der Waals surface area contributed by atoms with Gasteiger partial charge >= 0.3 is 0 Å². The number of nitrogens with zero attached hydrogens (tertiary/aromatic N) is 1. The van der Waals surface area contributed by atoms with Crippen molar-refractivity contribution in [2.24, 2.45) is 0 Å². The number of aryl methyl sites for hydroxylation is 1. The largest absolute Gasteiger partial charge is 0.451 e. The molecule has 1 rings (SSSR count). The Labute approximate surface area is 98.1 Å². The van der Waals surface area contributed by atoms with Gasteiger partial charge in [0, 0.05) is 25.2 Å². The van der Waals surface area contributed by atoms with Crippen molar-refractivity contribution < 1.29 is 14.3 Å². The summed E-state index contributed by atoms with van der Waals surface area (Å²) in [7, 11) is 3.57. The van der Waals surface area contributed by atoms with E-state index in [4.69, 9.17) is 4.74 Å². The molecular formula is C11H13NO3S. The van der Waals surface area contributed by atoms with Gasteiger partial charge in [0.05, 0.1) is 0 Å². The van der Waals surface area contributed by atoms with Crippen molar-refractivity contribution in [2.45, 2.75) is 6.92 Å². The summed E-state index contributed by atoms with van der Waals surface area (Å²) >= 11 is 1.34. The topological polar surface area (TPSA) is 46.6 Å². The van der Waals surface area contributed by atoms with Crippen molar-refractivity contribution in [1.82, 2.24) is 4.90 Å². The lowest BCUT2D eigenvalue weighted by Crippen LogP contribution is -2.07. The van der Waals surface area contributed by atoms with E-state index >= 15 is 0 Å². The number of carbonyl (C=O) groups is 2. The zero-order valence-corrected chi connectivity index (χ0v) is 10.2. The van der Waals surface area contributed by atoms with E-state index in [0.717, 1.165) is 11.2 Å². The molecule has 0 atom stereocenters. The molecule has 16 heavy (non-hydrogen) atoms. The summed E-state index contributed by atoms with van der Waals surface area (Å²) in [6.07, 6.45) is 2.89. The number of rotatable bonds is 5. The van der Waals surface area contributed by atoms with E-state index in [1.165, 1.54) is 11.3 Å². The Morgan fingerprint density at radius 3 is 2.62 bits per heavy atom. The number of carbonyl (C=O) groups excluding carboxylic acids is 2. The van der Waals surface area contributed by atoms with Gasteiger partial charge in [0.25, 0.3) is 0 Å². The van der Waals surface area contributed by atoms with Gasteiger partial charge in [0.15, 0.2) is 18.3 Å². The molecule has 1 aromatic rings. The SMILES string of the molecule is Cc1cc(O/C(C=O)=C/N(C)C)c(C=O)s1. The van der Waals surface area contributed by atoms with Crippen LogP contribution in [0.1, 0.15) is 14.5 Å². The van der Waals surface area contributed by atoms with Crippen molar-refractivity contribution in [1.29, 1.82) is 0 Å². The van der Waals surface area contributed by atoms with Crippen LogP contribution in [0.15, 0.2) is 18.0 Å². The maximum Gasteiger partial charge on any atom is 0.186 e. The number of aldehydes is 2. The third-order valence-electron chi connectivity index (χ3n) is 1.68. The fraction of sp³-hybridized carbons (Fsp3) is 0.273. The molecule has 4 nitrogen and oxygen atoms in total. The minimum Gasteiger partial charge on any atom is -0.451 e. The van der Waals surface area contributed by atoms with Crippen LogP contribution < -0.4 is 4.74 Å². The zero-order valence-electron chi connectivity index (χ0n) is 9.39. The highest BCUT2D eigenvalue weighted by atomic mass is 32.1. The Morgan fingerprint density at radius 2 is 2.12 bits per heavy atom. The molecule has 0 radical (unpaired) electrons. The Balaban J connectivity index is 2.93. The number of thiophene rings is 1. The predicted octanol–water partition coefficient (Wildman–Crippen LogP) is 1.85. The third-order valence-corrected chi connectivity index (χ3v) is 2.64. The van der Waals surface area contributed by atoms with Crippen molar-refractivity contribution in [3.8, 4) is 5.75 Å². The molecule has 0 bridgehead atoms. The standard InChI is InChI=1S/C11H13NO3S/c1-8-4-10(11(7-14)16-8)15-9(6-13)5-12(2)3/h4-7H,1-3H3/b9-5+. The van der Waals surface area contributed by atoms with Crippen LogP contribution in [0.4, 0.5) is 0 Å². The van der Waals surface area contributed by atoms with Crippen molar-refractivity contribution in [3.05, 3.63) is 27.8 Å². The highest BCUT2D eigenvalue weighted by molar-refractivity contribution is 7.14. The lowest BCUT2D eigenvalue weighted by molar-refractivity contribution is -0.106. The summed E-state index contributed by atoms with van der Waals surface area (Å²) in [5, 5.41) is 0. The molecule has 0 spiro atoms. The van der Waals surface area contributed by atoms with E-state index < -0.39 is 0 Å². The number of ether oxygens (including phenoxy) is 1. The second kappa shape index (κ2) is 5.46. The Hall–Kier alpha value is -1.62. The van der Waals surface area contributed by atoms with E-state index in [1.54, 1.807) is 31.3 Å². The summed E-state index contributed by atoms with van der Waals surface area (Å²) in [4.78, 5) is 24.6. The van der Waals surface area contributed by atoms with Gasteiger partial charge in [-0.25, -0.2) is 0 Å². The van der Waals surface area contributed by atoms with Crippen LogP contribution in [0.5, 0.6) is 5.75 Å². The van der Waals surface area contributed by atoms with E-state index in [0.29, 0.717) is 16.9 Å². The molecule has 0 saturated carbocycles. The first-order chi connectivity index (χ1) is 7.56. The van der Waals surface area contributed by atoms with Crippen LogP contribution in [0, 0.1) is 6.92 Å². The van der Waals surface area contributed by atoms with Gasteiger partial charge in [-0.1, -0.05) is 0 Å². The van der Waals surface area contributed by atoms with Gasteiger partial charge in [0.1, 0.15) is 10.6 Å². The summed E-state index contributed by atoms with van der Waals surface area (Å²) < 4.78 is 5.35. The second-order valence-electron chi connectivity index (χ2n) is 3.42. The zero-order chi connectivity index (χ0) is 12.1. The van der Waals surface area contributed by atoms with E-state index in [2.05, 4.69) is 0 Å². The highest BCUT2D eigenvalue weighted by Crippen LogP contribution is 2.28. The van der Waals surface area contributed by atoms with Crippen LogP contribution in [0.3, 0.4) is 0 Å². The first-order valence-electron chi connectivity index (χ1n) is 4.63. The van der Waals surface area contributed by atoms with E-state index in [-0.39, 0.29) is 5.76 Å². The molecule has 0 aromatic carbocycles. The molecule has 1 heterocycles. The van der Waals surface area contributed by atoms with Gasteiger partial charge in [-0.3, -0.25) is 9.59 Å². The normalized spacial score (nSPS) is 11.1. The highest BCUT2D eigenvalue weighted by Gasteiger charge is 2.09. The Morgan fingerprint density at radius 1 is 1.44 bits per heavy atom. The molecule has 0 fully saturated rings. The first kappa shape index (κ1) is 12.4. The van der Waals surface area contributed by atoms with Crippen LogP contribution in [0.2, 0.25) is 0 Å². The first-order valence-corrected chi connectivity index (χ1v) is 5.45. The van der Waals surface area contributed by atoms with Crippen molar-refractivity contribution in [2.75, 3.05) is 14.1 Å². The second-order valence-corrected chi connectivity index (χ2v) is 4.71. The molecule has 86 valence electrons. The van der Waals surface area contributed by atoms with Crippen LogP contribution >= 0.6 is 11.3 Å². The van der Waals surface area contributed by atoms with E-state index in [1.807, 2.05) is 6.92 Å². The predicted molar refractivity (Wildman–Crippen MR) is 62.9 cm³/mol. The van der Waals surface area contributed by atoms with Crippen LogP contribution in [-0.4, -0.2) is 31.6 Å². The van der Waals surface area contributed by atoms with Gasteiger partial charge in [0.2, 0.25) is 0 Å². The number of hydrogen-bond donors (Lipinski definition) is 0. The van der Waals surface area contributed by atoms with Gasteiger partial charge in [-0.2, -0.15) is 0 Å². The summed E-state index contributed by atoms with van der Waals surface area (Å²) in [6, 6.07) is 1.74. The average Bonchev–Trinajstić information content (AvgIpc) is 2.57. The Bertz CT molecular complexity index is 421. The van der Waals surface area contributed by atoms with Crippen LogP contribution in [-0.2, 0) is 4.79 Å². The number of allylic oxidation sites excluding steroid dienone is 1. The third kappa shape index (κ3) is 3.20. The molecule has 0 aliphatic carbocycles. The maximum absolute atomic E-state index is 10.7. The molecule has 0 unspecified atom stereocenters. The molecule has 0 aliphatic rings. The molecular weight excluding hydrogens is 226 g/mol. The Kier molecular flexibility index (Phi) is 4.25. The minimum absolute atomic E-state index is 0.172. The molecule has 5 heteroatoms. The molecule has 0 N–H and O–H groups in total. The van der Waals surface area contributed by atoms with Gasteiger partial charge in [-0.15, -0.1) is 11.3 Å². The molecule has 0 aliphatic heterocycles. The van der Waals surface area contributed by atoms with Gasteiger partial charge in [-0.05, 0) is 13.0 Å². The summed E-state index contributed by atoms with van der Waals surface area (Å²) in [5.74, 6) is 0.601. The summed E-state index contributed by atoms with van der Waals surface area (Å²) in [5.41, 5.74) is 0. The monoisotopic (exact) mass is 239 g/mol.